The largest absolute Gasteiger partial charge is 0.370 e. The molecule has 0 saturated heterocycles. The van der Waals surface area contributed by atoms with Crippen molar-refractivity contribution in [2.24, 2.45) is 23.5 Å². The Morgan fingerprint density at radius 1 is 1.05 bits per heavy atom. The summed E-state index contributed by atoms with van der Waals surface area (Å²) in [4.78, 5) is 2.16. The molecule has 4 bridgehead atoms. The Kier molecular flexibility index (Phi) is 3.21. The quantitative estimate of drug-likeness (QED) is 0.453. The second-order valence-electron chi connectivity index (χ2n) is 7.34. The van der Waals surface area contributed by atoms with Gasteiger partial charge in [-0.15, -0.1) is 0 Å². The number of halogens is 1. The molecule has 0 atom stereocenters. The molecule has 0 spiro atoms. The van der Waals surface area contributed by atoms with Crippen molar-refractivity contribution >= 4 is 34.2 Å². The van der Waals surface area contributed by atoms with Crippen LogP contribution in [0, 0.1) is 26.7 Å². The molecular formula is C17H22IN3. The first kappa shape index (κ1) is 13.9. The van der Waals surface area contributed by atoms with Crippen LogP contribution in [0.1, 0.15) is 38.5 Å². The van der Waals surface area contributed by atoms with Gasteiger partial charge in [0.1, 0.15) is 0 Å². The lowest BCUT2D eigenvalue weighted by molar-refractivity contribution is 0.00167. The third-order valence-corrected chi connectivity index (χ3v) is 6.53. The van der Waals surface area contributed by atoms with Crippen molar-refractivity contribution in [3.05, 3.63) is 27.8 Å². The lowest BCUT2D eigenvalue weighted by Crippen LogP contribution is -2.63. The first-order valence-electron chi connectivity index (χ1n) is 7.95. The van der Waals surface area contributed by atoms with E-state index in [4.69, 9.17) is 11.1 Å². The lowest BCUT2D eigenvalue weighted by atomic mass is 9.52. The first-order valence-corrected chi connectivity index (χ1v) is 9.03. The summed E-state index contributed by atoms with van der Waals surface area (Å²) in [7, 11) is 0. The zero-order valence-electron chi connectivity index (χ0n) is 12.2. The highest BCUT2D eigenvalue weighted by molar-refractivity contribution is 14.1. The Morgan fingerprint density at radius 2 is 1.52 bits per heavy atom. The summed E-state index contributed by atoms with van der Waals surface area (Å²) in [6.07, 6.45) is 7.92. The van der Waals surface area contributed by atoms with Gasteiger partial charge in [-0.3, -0.25) is 5.41 Å². The van der Waals surface area contributed by atoms with E-state index in [0.717, 1.165) is 23.4 Å². The van der Waals surface area contributed by atoms with E-state index in [1.807, 2.05) is 0 Å². The van der Waals surface area contributed by atoms with Crippen LogP contribution >= 0.6 is 22.6 Å². The average molecular weight is 395 g/mol. The van der Waals surface area contributed by atoms with Crippen LogP contribution in [0.15, 0.2) is 24.3 Å². The minimum absolute atomic E-state index is 0.118. The number of guanidine groups is 1. The summed E-state index contributed by atoms with van der Waals surface area (Å²) in [5.41, 5.74) is 7.26. The highest BCUT2D eigenvalue weighted by Crippen LogP contribution is 2.58. The van der Waals surface area contributed by atoms with Gasteiger partial charge >= 0.3 is 0 Å². The Morgan fingerprint density at radius 3 is 1.95 bits per heavy atom. The van der Waals surface area contributed by atoms with E-state index in [9.17, 15) is 0 Å². The van der Waals surface area contributed by atoms with E-state index in [1.165, 1.54) is 42.1 Å². The molecule has 4 aliphatic rings. The molecule has 5 rings (SSSR count). The lowest BCUT2D eigenvalue weighted by Gasteiger charge is -2.60. The minimum Gasteiger partial charge on any atom is -0.370 e. The molecule has 0 aliphatic heterocycles. The van der Waals surface area contributed by atoms with Gasteiger partial charge in [-0.25, -0.2) is 0 Å². The molecule has 0 unspecified atom stereocenters. The van der Waals surface area contributed by atoms with Crippen molar-refractivity contribution in [1.82, 2.24) is 0 Å². The second-order valence-corrected chi connectivity index (χ2v) is 8.58. The minimum atomic E-state index is 0.118. The number of hydrogen-bond acceptors (Lipinski definition) is 1. The third-order valence-electron chi connectivity index (χ3n) is 5.81. The van der Waals surface area contributed by atoms with Gasteiger partial charge in [0.15, 0.2) is 5.96 Å². The standard InChI is InChI=1S/C17H22IN3/c18-14-1-3-15(4-2-14)21(16(19)20)17-8-11-5-12(9-17)7-13(6-11)10-17/h1-4,11-13H,5-10H2,(H3,19,20). The van der Waals surface area contributed by atoms with Crippen LogP contribution < -0.4 is 10.6 Å². The molecule has 4 saturated carbocycles. The summed E-state index contributed by atoms with van der Waals surface area (Å²) < 4.78 is 1.23. The van der Waals surface area contributed by atoms with E-state index in [-0.39, 0.29) is 11.5 Å². The van der Waals surface area contributed by atoms with E-state index in [2.05, 4.69) is 51.8 Å². The van der Waals surface area contributed by atoms with Gasteiger partial charge in [0.25, 0.3) is 0 Å². The van der Waals surface area contributed by atoms with Crippen LogP contribution in [0.3, 0.4) is 0 Å². The summed E-state index contributed by atoms with van der Waals surface area (Å²) >= 11 is 2.33. The Hall–Kier alpha value is -0.780. The van der Waals surface area contributed by atoms with Crippen molar-refractivity contribution in [2.75, 3.05) is 4.90 Å². The van der Waals surface area contributed by atoms with Gasteiger partial charge in [0, 0.05) is 14.8 Å². The average Bonchev–Trinajstić information content (AvgIpc) is 2.39. The fourth-order valence-electron chi connectivity index (χ4n) is 5.60. The van der Waals surface area contributed by atoms with Crippen molar-refractivity contribution in [2.45, 2.75) is 44.1 Å². The molecule has 4 aliphatic carbocycles. The molecule has 0 amide bonds. The maximum atomic E-state index is 8.18. The fraction of sp³-hybridized carbons (Fsp3) is 0.588. The molecule has 4 heteroatoms. The van der Waals surface area contributed by atoms with Crippen LogP contribution in [0.25, 0.3) is 0 Å². The van der Waals surface area contributed by atoms with Crippen LogP contribution in [0.5, 0.6) is 0 Å². The van der Waals surface area contributed by atoms with Gasteiger partial charge in [0.2, 0.25) is 0 Å². The zero-order valence-corrected chi connectivity index (χ0v) is 14.3. The normalized spacial score (nSPS) is 36.7. The van der Waals surface area contributed by atoms with Crippen molar-refractivity contribution in [3.63, 3.8) is 0 Å². The number of nitrogens with one attached hydrogen (secondary N) is 1. The number of rotatable bonds is 2. The highest BCUT2D eigenvalue weighted by Gasteiger charge is 2.54. The molecule has 1 aromatic carbocycles. The maximum Gasteiger partial charge on any atom is 0.193 e. The maximum absolute atomic E-state index is 8.18. The van der Waals surface area contributed by atoms with E-state index >= 15 is 0 Å². The smallest absolute Gasteiger partial charge is 0.193 e. The zero-order chi connectivity index (χ0) is 14.6. The van der Waals surface area contributed by atoms with Crippen molar-refractivity contribution in [1.29, 1.82) is 5.41 Å². The first-order chi connectivity index (χ1) is 10.1. The van der Waals surface area contributed by atoms with Gasteiger partial charge in [-0.1, -0.05) is 0 Å². The number of benzene rings is 1. The molecule has 21 heavy (non-hydrogen) atoms. The molecule has 112 valence electrons. The molecule has 0 radical (unpaired) electrons. The van der Waals surface area contributed by atoms with Crippen LogP contribution in [0.2, 0.25) is 0 Å². The molecule has 1 aromatic rings. The highest BCUT2D eigenvalue weighted by atomic mass is 127. The summed E-state index contributed by atoms with van der Waals surface area (Å²) in [6, 6.07) is 8.49. The number of anilines is 1. The molecule has 3 nitrogen and oxygen atoms in total. The molecule has 0 heterocycles. The monoisotopic (exact) mass is 395 g/mol. The van der Waals surface area contributed by atoms with Gasteiger partial charge < -0.3 is 10.6 Å². The van der Waals surface area contributed by atoms with E-state index in [1.54, 1.807) is 0 Å². The van der Waals surface area contributed by atoms with E-state index in [0.29, 0.717) is 0 Å². The van der Waals surface area contributed by atoms with Crippen molar-refractivity contribution < 1.29 is 0 Å². The fourth-order valence-corrected chi connectivity index (χ4v) is 5.96. The number of hydrogen-bond donors (Lipinski definition) is 2. The van der Waals surface area contributed by atoms with Crippen LogP contribution in [0.4, 0.5) is 5.69 Å². The summed E-state index contributed by atoms with van der Waals surface area (Å²) in [5, 5.41) is 8.18. The topological polar surface area (TPSA) is 53.1 Å². The van der Waals surface area contributed by atoms with E-state index < -0.39 is 0 Å². The van der Waals surface area contributed by atoms with Gasteiger partial charge in [0.05, 0.1) is 0 Å². The van der Waals surface area contributed by atoms with Gasteiger partial charge in [-0.2, -0.15) is 0 Å². The summed E-state index contributed by atoms with van der Waals surface area (Å²) in [6.45, 7) is 0. The SMILES string of the molecule is N=C(N)N(c1ccc(I)cc1)C12CC3CC(CC(C3)C1)C2. The molecule has 3 N–H and O–H groups in total. The van der Waals surface area contributed by atoms with Crippen LogP contribution in [-0.2, 0) is 0 Å². The van der Waals surface area contributed by atoms with Crippen LogP contribution in [-0.4, -0.2) is 11.5 Å². The predicted molar refractivity (Wildman–Crippen MR) is 94.5 cm³/mol. The Labute approximate surface area is 139 Å². The number of nitrogens with two attached hydrogens (primary N) is 1. The second kappa shape index (κ2) is 4.86. The molecule has 0 aromatic heterocycles. The molecule has 4 fully saturated rings. The Balaban J connectivity index is 1.74. The summed E-state index contributed by atoms with van der Waals surface area (Å²) in [5.74, 6) is 2.81. The molecular weight excluding hydrogens is 373 g/mol. The van der Waals surface area contributed by atoms with Crippen molar-refractivity contribution in [3.8, 4) is 0 Å². The van der Waals surface area contributed by atoms with Gasteiger partial charge in [-0.05, 0) is 103 Å². The third kappa shape index (κ3) is 2.26. The number of nitrogens with zero attached hydrogens (tertiary/aromatic N) is 1. The predicted octanol–water partition coefficient (Wildman–Crippen LogP) is 3.96. The Bertz CT molecular complexity index is 531.